The third kappa shape index (κ3) is 4.36. The highest BCUT2D eigenvalue weighted by Gasteiger charge is 2.03. The Kier molecular flexibility index (Phi) is 5.43. The number of ether oxygens (including phenoxy) is 1. The lowest BCUT2D eigenvalue weighted by Gasteiger charge is -2.05. The number of amides is 1. The molecule has 0 aliphatic heterocycles. The number of aryl methyl sites for hydroxylation is 1. The zero-order valence-corrected chi connectivity index (χ0v) is 14.4. The lowest BCUT2D eigenvalue weighted by Crippen LogP contribution is -2.25. The SMILES string of the molecule is CCc1ccc(OCC(=O)NN=Cc2cc3ccccc3[nH]c2=O)cc1. The van der Waals surface area contributed by atoms with Crippen molar-refractivity contribution in [3.63, 3.8) is 0 Å². The van der Waals surface area contributed by atoms with Crippen molar-refractivity contribution in [1.29, 1.82) is 0 Å². The summed E-state index contributed by atoms with van der Waals surface area (Å²) in [6.45, 7) is 1.92. The third-order valence-electron chi connectivity index (χ3n) is 3.88. The van der Waals surface area contributed by atoms with Gasteiger partial charge in [-0.3, -0.25) is 9.59 Å². The van der Waals surface area contributed by atoms with Crippen LogP contribution in [0.15, 0.2) is 64.5 Å². The van der Waals surface area contributed by atoms with Crippen molar-refractivity contribution in [2.45, 2.75) is 13.3 Å². The molecule has 2 aromatic carbocycles. The molecule has 3 rings (SSSR count). The predicted molar refractivity (Wildman–Crippen MR) is 102 cm³/mol. The zero-order chi connectivity index (χ0) is 18.4. The summed E-state index contributed by atoms with van der Waals surface area (Å²) in [5.41, 5.74) is 4.40. The molecule has 0 bridgehead atoms. The number of para-hydroxylation sites is 1. The van der Waals surface area contributed by atoms with Crippen LogP contribution in [0.25, 0.3) is 10.9 Å². The first-order valence-corrected chi connectivity index (χ1v) is 8.31. The highest BCUT2D eigenvalue weighted by molar-refractivity contribution is 5.88. The third-order valence-corrected chi connectivity index (χ3v) is 3.88. The second-order valence-corrected chi connectivity index (χ2v) is 5.72. The van der Waals surface area contributed by atoms with Crippen molar-refractivity contribution >= 4 is 23.0 Å². The first-order chi connectivity index (χ1) is 12.7. The van der Waals surface area contributed by atoms with E-state index < -0.39 is 5.91 Å². The molecule has 2 N–H and O–H groups in total. The number of hydrogen-bond donors (Lipinski definition) is 2. The molecule has 6 nitrogen and oxygen atoms in total. The fourth-order valence-corrected chi connectivity index (χ4v) is 2.44. The summed E-state index contributed by atoms with van der Waals surface area (Å²) in [6.07, 6.45) is 2.27. The van der Waals surface area contributed by atoms with E-state index >= 15 is 0 Å². The predicted octanol–water partition coefficient (Wildman–Crippen LogP) is 2.62. The van der Waals surface area contributed by atoms with E-state index in [1.165, 1.54) is 11.8 Å². The molecule has 0 atom stereocenters. The molecule has 3 aromatic rings. The summed E-state index contributed by atoms with van der Waals surface area (Å²) in [7, 11) is 0. The van der Waals surface area contributed by atoms with Crippen molar-refractivity contribution < 1.29 is 9.53 Å². The van der Waals surface area contributed by atoms with Crippen LogP contribution in [0.3, 0.4) is 0 Å². The Morgan fingerprint density at radius 3 is 2.73 bits per heavy atom. The number of hydrazone groups is 1. The Morgan fingerprint density at radius 1 is 1.19 bits per heavy atom. The van der Waals surface area contributed by atoms with E-state index in [0.29, 0.717) is 11.3 Å². The molecular weight excluding hydrogens is 330 g/mol. The first kappa shape index (κ1) is 17.4. The quantitative estimate of drug-likeness (QED) is 0.530. The van der Waals surface area contributed by atoms with E-state index in [2.05, 4.69) is 22.4 Å². The Hall–Kier alpha value is -3.41. The van der Waals surface area contributed by atoms with Gasteiger partial charge in [-0.2, -0.15) is 5.10 Å². The summed E-state index contributed by atoms with van der Waals surface area (Å²) < 4.78 is 5.40. The van der Waals surface area contributed by atoms with Gasteiger partial charge in [-0.1, -0.05) is 37.3 Å². The molecule has 0 saturated heterocycles. The van der Waals surface area contributed by atoms with E-state index in [4.69, 9.17) is 4.74 Å². The summed E-state index contributed by atoms with van der Waals surface area (Å²) in [5.74, 6) is 0.213. The monoisotopic (exact) mass is 349 g/mol. The Morgan fingerprint density at radius 2 is 1.96 bits per heavy atom. The second kappa shape index (κ2) is 8.11. The number of nitrogens with zero attached hydrogens (tertiary/aromatic N) is 1. The van der Waals surface area contributed by atoms with Gasteiger partial charge >= 0.3 is 0 Å². The largest absolute Gasteiger partial charge is 0.484 e. The summed E-state index contributed by atoms with van der Waals surface area (Å²) in [5, 5.41) is 4.71. The van der Waals surface area contributed by atoms with Crippen molar-refractivity contribution in [2.24, 2.45) is 5.10 Å². The van der Waals surface area contributed by atoms with Crippen molar-refractivity contribution in [1.82, 2.24) is 10.4 Å². The van der Waals surface area contributed by atoms with Gasteiger partial charge in [0, 0.05) is 5.52 Å². The van der Waals surface area contributed by atoms with Crippen molar-refractivity contribution in [3.8, 4) is 5.75 Å². The van der Waals surface area contributed by atoms with Crippen LogP contribution < -0.4 is 15.7 Å². The van der Waals surface area contributed by atoms with Gasteiger partial charge in [0.15, 0.2) is 6.61 Å². The number of carbonyl (C=O) groups excluding carboxylic acids is 1. The molecule has 132 valence electrons. The fraction of sp³-hybridized carbons (Fsp3) is 0.150. The summed E-state index contributed by atoms with van der Waals surface area (Å²) >= 11 is 0. The summed E-state index contributed by atoms with van der Waals surface area (Å²) in [6, 6.07) is 16.7. The average molecular weight is 349 g/mol. The maximum absolute atomic E-state index is 12.0. The number of H-pyrrole nitrogens is 1. The highest BCUT2D eigenvalue weighted by atomic mass is 16.5. The first-order valence-electron chi connectivity index (χ1n) is 8.31. The van der Waals surface area contributed by atoms with Crippen LogP contribution in [-0.4, -0.2) is 23.7 Å². The van der Waals surface area contributed by atoms with Crippen LogP contribution in [-0.2, 0) is 11.2 Å². The minimum atomic E-state index is -0.405. The number of carbonyl (C=O) groups is 1. The number of fused-ring (bicyclic) bond motifs is 1. The number of pyridine rings is 1. The smallest absolute Gasteiger partial charge is 0.277 e. The van der Waals surface area contributed by atoms with Gasteiger partial charge in [0.25, 0.3) is 11.5 Å². The highest BCUT2D eigenvalue weighted by Crippen LogP contribution is 2.12. The van der Waals surface area contributed by atoms with Crippen LogP contribution in [0.2, 0.25) is 0 Å². The molecule has 6 heteroatoms. The Labute approximate surface area is 150 Å². The number of benzene rings is 2. The molecule has 0 unspecified atom stereocenters. The standard InChI is InChI=1S/C20H19N3O3/c1-2-14-7-9-17(10-8-14)26-13-19(24)23-21-12-16-11-15-5-3-4-6-18(15)22-20(16)25/h3-12H,2,13H2,1H3,(H,22,25)(H,23,24). The van der Waals surface area contributed by atoms with Gasteiger partial charge in [0.2, 0.25) is 0 Å². The number of rotatable bonds is 6. The molecule has 0 radical (unpaired) electrons. The number of aromatic amines is 1. The lowest BCUT2D eigenvalue weighted by molar-refractivity contribution is -0.123. The van der Waals surface area contributed by atoms with Crippen LogP contribution in [0.1, 0.15) is 18.1 Å². The van der Waals surface area contributed by atoms with E-state index in [1.54, 1.807) is 6.07 Å². The molecular formula is C20H19N3O3. The van der Waals surface area contributed by atoms with Crippen LogP contribution >= 0.6 is 0 Å². The van der Waals surface area contributed by atoms with E-state index in [1.807, 2.05) is 48.5 Å². The Balaban J connectivity index is 1.56. The zero-order valence-electron chi connectivity index (χ0n) is 14.4. The lowest BCUT2D eigenvalue weighted by atomic mass is 10.2. The maximum atomic E-state index is 12.0. The average Bonchev–Trinajstić information content (AvgIpc) is 2.67. The number of aromatic nitrogens is 1. The molecule has 0 saturated carbocycles. The second-order valence-electron chi connectivity index (χ2n) is 5.72. The van der Waals surface area contributed by atoms with Gasteiger partial charge in [0.1, 0.15) is 5.75 Å². The van der Waals surface area contributed by atoms with Gasteiger partial charge in [-0.05, 0) is 41.6 Å². The molecule has 0 aliphatic rings. The number of nitrogens with one attached hydrogen (secondary N) is 2. The number of hydrogen-bond acceptors (Lipinski definition) is 4. The minimum Gasteiger partial charge on any atom is -0.484 e. The topological polar surface area (TPSA) is 83.5 Å². The van der Waals surface area contributed by atoms with Gasteiger partial charge in [-0.15, -0.1) is 0 Å². The summed E-state index contributed by atoms with van der Waals surface area (Å²) in [4.78, 5) is 26.5. The molecule has 1 heterocycles. The molecule has 1 amide bonds. The molecule has 26 heavy (non-hydrogen) atoms. The molecule has 0 aliphatic carbocycles. The van der Waals surface area contributed by atoms with Crippen molar-refractivity contribution in [3.05, 3.63) is 76.1 Å². The van der Waals surface area contributed by atoms with Gasteiger partial charge < -0.3 is 9.72 Å². The van der Waals surface area contributed by atoms with E-state index in [-0.39, 0.29) is 12.2 Å². The van der Waals surface area contributed by atoms with Crippen LogP contribution in [0.5, 0.6) is 5.75 Å². The van der Waals surface area contributed by atoms with Crippen molar-refractivity contribution in [2.75, 3.05) is 6.61 Å². The fourth-order valence-electron chi connectivity index (χ4n) is 2.44. The maximum Gasteiger partial charge on any atom is 0.277 e. The normalized spacial score (nSPS) is 11.0. The van der Waals surface area contributed by atoms with E-state index in [9.17, 15) is 9.59 Å². The Bertz CT molecular complexity index is 991. The van der Waals surface area contributed by atoms with Crippen LogP contribution in [0.4, 0.5) is 0 Å². The minimum absolute atomic E-state index is 0.156. The van der Waals surface area contributed by atoms with E-state index in [0.717, 1.165) is 17.3 Å². The molecule has 0 spiro atoms. The van der Waals surface area contributed by atoms with Crippen LogP contribution in [0, 0.1) is 0 Å². The van der Waals surface area contributed by atoms with Gasteiger partial charge in [0.05, 0.1) is 11.8 Å². The van der Waals surface area contributed by atoms with Gasteiger partial charge in [-0.25, -0.2) is 5.43 Å². The molecule has 1 aromatic heterocycles. The molecule has 0 fully saturated rings.